The van der Waals surface area contributed by atoms with Gasteiger partial charge in [-0.2, -0.15) is 0 Å². The fourth-order valence-electron chi connectivity index (χ4n) is 1.82. The van der Waals surface area contributed by atoms with Gasteiger partial charge >= 0.3 is 0 Å². The van der Waals surface area contributed by atoms with Crippen LogP contribution >= 0.6 is 27.3 Å². The molecule has 1 rings (SSSR count). The second-order valence-electron chi connectivity index (χ2n) is 4.68. The fourth-order valence-corrected chi connectivity index (χ4v) is 5.23. The summed E-state index contributed by atoms with van der Waals surface area (Å²) in [5.41, 5.74) is 0. The molecule has 1 aromatic rings. The van der Waals surface area contributed by atoms with E-state index in [-0.39, 0.29) is 10.1 Å². The molecule has 1 unspecified atom stereocenters. The van der Waals surface area contributed by atoms with Crippen molar-refractivity contribution < 1.29 is 13.5 Å². The van der Waals surface area contributed by atoms with E-state index in [4.69, 9.17) is 0 Å². The highest BCUT2D eigenvalue weighted by Crippen LogP contribution is 2.27. The number of hydrogen-bond acceptors (Lipinski definition) is 4. The Morgan fingerprint density at radius 3 is 2.65 bits per heavy atom. The number of aliphatic hydroxyl groups excluding tert-OH is 1. The topological polar surface area (TPSA) is 66.4 Å². The van der Waals surface area contributed by atoms with Crippen molar-refractivity contribution in [1.29, 1.82) is 0 Å². The molecule has 20 heavy (non-hydrogen) atoms. The lowest BCUT2D eigenvalue weighted by atomic mass is 9.94. The predicted molar refractivity (Wildman–Crippen MR) is 86.4 cm³/mol. The van der Waals surface area contributed by atoms with Gasteiger partial charge in [0.25, 0.3) is 0 Å². The summed E-state index contributed by atoms with van der Waals surface area (Å²) in [5, 5.41) is 10.1. The van der Waals surface area contributed by atoms with Crippen LogP contribution in [-0.4, -0.2) is 25.7 Å². The van der Waals surface area contributed by atoms with Gasteiger partial charge < -0.3 is 5.11 Å². The Balaban J connectivity index is 2.96. The quantitative estimate of drug-likeness (QED) is 0.679. The predicted octanol–water partition coefficient (Wildman–Crippen LogP) is 3.14. The summed E-state index contributed by atoms with van der Waals surface area (Å²) in [6.07, 6.45) is 1.94. The van der Waals surface area contributed by atoms with Crippen LogP contribution in [0.1, 0.15) is 26.7 Å². The molecule has 4 nitrogen and oxygen atoms in total. The fraction of sp³-hybridized carbons (Fsp3) is 0.538. The Bertz CT molecular complexity index is 542. The summed E-state index contributed by atoms with van der Waals surface area (Å²) in [6, 6.07) is 2.71. The Morgan fingerprint density at radius 1 is 1.55 bits per heavy atom. The van der Waals surface area contributed by atoms with Crippen LogP contribution in [0.25, 0.3) is 0 Å². The van der Waals surface area contributed by atoms with Crippen LogP contribution in [0.2, 0.25) is 0 Å². The van der Waals surface area contributed by atoms with Crippen LogP contribution in [0.15, 0.2) is 32.8 Å². The van der Waals surface area contributed by atoms with Crippen molar-refractivity contribution in [2.75, 3.05) is 0 Å². The number of nitrogens with one attached hydrogen (secondary N) is 1. The van der Waals surface area contributed by atoms with Crippen molar-refractivity contribution in [3.05, 3.63) is 28.6 Å². The van der Waals surface area contributed by atoms with E-state index in [0.29, 0.717) is 6.42 Å². The number of aliphatic hydroxyl groups is 1. The molecule has 1 heterocycles. The first-order valence-corrected chi connectivity index (χ1v) is 9.47. The molecule has 0 aliphatic rings. The normalized spacial score (nSPS) is 16.6. The summed E-state index contributed by atoms with van der Waals surface area (Å²) in [7, 11) is -3.61. The maximum absolute atomic E-state index is 12.3. The molecule has 3 atom stereocenters. The van der Waals surface area contributed by atoms with E-state index in [0.717, 1.165) is 21.5 Å². The molecule has 7 heteroatoms. The standard InChI is InChI=1S/C13H20BrNO3S2/c1-4-6-10(16)13(9(3)5-2)15-20(17,18)12-8-7-11(14)19-12/h4,7-10,13,15-16H,1,5-6H2,2-3H3/t9-,10?,13+/m0/s1. The van der Waals surface area contributed by atoms with Gasteiger partial charge in [0, 0.05) is 0 Å². The van der Waals surface area contributed by atoms with Gasteiger partial charge in [-0.15, -0.1) is 17.9 Å². The highest BCUT2D eigenvalue weighted by molar-refractivity contribution is 9.11. The minimum absolute atomic E-state index is 0.0307. The smallest absolute Gasteiger partial charge is 0.250 e. The minimum atomic E-state index is -3.61. The summed E-state index contributed by atoms with van der Waals surface area (Å²) >= 11 is 4.40. The van der Waals surface area contributed by atoms with Crippen LogP contribution in [0, 0.1) is 5.92 Å². The van der Waals surface area contributed by atoms with Crippen LogP contribution < -0.4 is 4.72 Å². The van der Waals surface area contributed by atoms with Gasteiger partial charge in [0.05, 0.1) is 15.9 Å². The molecule has 0 fully saturated rings. The van der Waals surface area contributed by atoms with Crippen molar-refractivity contribution in [2.45, 2.75) is 43.0 Å². The monoisotopic (exact) mass is 381 g/mol. The first-order valence-electron chi connectivity index (χ1n) is 6.38. The molecule has 1 aromatic heterocycles. The molecular weight excluding hydrogens is 362 g/mol. The number of halogens is 1. The van der Waals surface area contributed by atoms with Crippen molar-refractivity contribution in [3.63, 3.8) is 0 Å². The van der Waals surface area contributed by atoms with E-state index >= 15 is 0 Å². The van der Waals surface area contributed by atoms with Crippen molar-refractivity contribution in [3.8, 4) is 0 Å². The van der Waals surface area contributed by atoms with E-state index in [9.17, 15) is 13.5 Å². The molecule has 0 amide bonds. The molecular formula is C13H20BrNO3S2. The molecule has 0 radical (unpaired) electrons. The summed E-state index contributed by atoms with van der Waals surface area (Å²) < 4.78 is 28.3. The van der Waals surface area contributed by atoms with Crippen LogP contribution in [0.3, 0.4) is 0 Å². The molecule has 2 N–H and O–H groups in total. The Hall–Kier alpha value is -0.210. The van der Waals surface area contributed by atoms with Gasteiger partial charge in [0.2, 0.25) is 10.0 Å². The van der Waals surface area contributed by atoms with Crippen molar-refractivity contribution in [2.24, 2.45) is 5.92 Å². The van der Waals surface area contributed by atoms with E-state index in [1.165, 1.54) is 0 Å². The first kappa shape index (κ1) is 17.8. The molecule has 0 aliphatic carbocycles. The molecule has 0 bridgehead atoms. The van der Waals surface area contributed by atoms with Gasteiger partial charge in [-0.1, -0.05) is 26.3 Å². The zero-order valence-corrected chi connectivity index (χ0v) is 14.8. The Morgan fingerprint density at radius 2 is 2.20 bits per heavy atom. The SMILES string of the molecule is C=CCC(O)[C@H](NS(=O)(=O)c1ccc(Br)s1)[C@@H](C)CC. The van der Waals surface area contributed by atoms with Gasteiger partial charge in [-0.25, -0.2) is 13.1 Å². The van der Waals surface area contributed by atoms with Gasteiger partial charge in [-0.3, -0.25) is 0 Å². The highest BCUT2D eigenvalue weighted by atomic mass is 79.9. The molecule has 0 saturated heterocycles. The Kier molecular flexibility index (Phi) is 6.87. The number of thiophene rings is 1. The molecule has 0 aliphatic heterocycles. The largest absolute Gasteiger partial charge is 0.391 e. The maximum Gasteiger partial charge on any atom is 0.250 e. The van der Waals surface area contributed by atoms with Crippen LogP contribution in [0.4, 0.5) is 0 Å². The Labute approximate surface area is 133 Å². The average Bonchev–Trinajstić information content (AvgIpc) is 2.83. The third-order valence-electron chi connectivity index (χ3n) is 3.18. The average molecular weight is 382 g/mol. The number of rotatable bonds is 8. The lowest BCUT2D eigenvalue weighted by Gasteiger charge is -2.28. The van der Waals surface area contributed by atoms with E-state index in [2.05, 4.69) is 27.2 Å². The second kappa shape index (κ2) is 7.70. The van der Waals surface area contributed by atoms with E-state index < -0.39 is 22.2 Å². The van der Waals surface area contributed by atoms with Gasteiger partial charge in [-0.05, 0) is 40.4 Å². The van der Waals surface area contributed by atoms with Crippen molar-refractivity contribution in [1.82, 2.24) is 4.72 Å². The molecule has 0 saturated carbocycles. The summed E-state index contributed by atoms with van der Waals surface area (Å²) in [5.74, 6) is 0.0307. The third kappa shape index (κ3) is 4.66. The number of sulfonamides is 1. The summed E-state index contributed by atoms with van der Waals surface area (Å²) in [6.45, 7) is 7.47. The molecule has 0 aromatic carbocycles. The van der Waals surface area contributed by atoms with E-state index in [1.54, 1.807) is 18.2 Å². The highest BCUT2D eigenvalue weighted by Gasteiger charge is 2.29. The van der Waals surface area contributed by atoms with Gasteiger partial charge in [0.15, 0.2) is 0 Å². The van der Waals surface area contributed by atoms with Crippen LogP contribution in [-0.2, 0) is 10.0 Å². The second-order valence-corrected chi connectivity index (χ2v) is 9.09. The number of hydrogen-bond donors (Lipinski definition) is 2. The van der Waals surface area contributed by atoms with Crippen LogP contribution in [0.5, 0.6) is 0 Å². The zero-order chi connectivity index (χ0) is 15.3. The van der Waals surface area contributed by atoms with E-state index in [1.807, 2.05) is 13.8 Å². The van der Waals surface area contributed by atoms with Gasteiger partial charge in [0.1, 0.15) is 4.21 Å². The first-order chi connectivity index (χ1) is 9.31. The maximum atomic E-state index is 12.3. The summed E-state index contributed by atoms with van der Waals surface area (Å²) in [4.78, 5) is 0. The third-order valence-corrected chi connectivity index (χ3v) is 6.76. The van der Waals surface area contributed by atoms with Crippen molar-refractivity contribution >= 4 is 37.3 Å². The molecule has 0 spiro atoms. The lowest BCUT2D eigenvalue weighted by molar-refractivity contribution is 0.114. The molecule has 114 valence electrons. The zero-order valence-electron chi connectivity index (χ0n) is 11.5. The minimum Gasteiger partial charge on any atom is -0.391 e. The lowest BCUT2D eigenvalue weighted by Crippen LogP contribution is -2.46.